The molecular weight excluding hydrogens is 386 g/mol. The van der Waals surface area contributed by atoms with Gasteiger partial charge in [0.05, 0.1) is 20.8 Å². The maximum Gasteiger partial charge on any atom is 0.349 e. The third kappa shape index (κ3) is 3.52. The van der Waals surface area contributed by atoms with Crippen LogP contribution in [0.2, 0.25) is 0 Å². The third-order valence-corrected chi connectivity index (χ3v) is 5.58. The quantitative estimate of drug-likeness (QED) is 0.629. The van der Waals surface area contributed by atoms with E-state index in [4.69, 9.17) is 13.9 Å². The fourth-order valence-electron chi connectivity index (χ4n) is 4.01. The Bertz CT molecular complexity index is 1170. The van der Waals surface area contributed by atoms with E-state index in [1.807, 2.05) is 12.1 Å². The standard InChI is InChI=1S/C23H23NO6/c1-28-16-8-9-18-14(11-16)6-4-10-23(18,27)13-24-21(25)17-12-15-5-3-7-19(29-2)20(15)30-22(17)26/h3,5,7-9,11-12,27H,4,6,10,13H2,1-2H3,(H,24,25). The van der Waals surface area contributed by atoms with Gasteiger partial charge >= 0.3 is 5.63 Å². The fourth-order valence-corrected chi connectivity index (χ4v) is 4.01. The predicted octanol–water partition coefficient (Wildman–Crippen LogP) is 2.76. The van der Waals surface area contributed by atoms with Crippen molar-refractivity contribution >= 4 is 16.9 Å². The van der Waals surface area contributed by atoms with Crippen LogP contribution in [0.1, 0.15) is 34.3 Å². The second kappa shape index (κ2) is 7.84. The molecule has 0 saturated carbocycles. The first-order chi connectivity index (χ1) is 14.4. The molecule has 30 heavy (non-hydrogen) atoms. The van der Waals surface area contributed by atoms with Gasteiger partial charge in [-0.25, -0.2) is 4.79 Å². The zero-order valence-corrected chi connectivity index (χ0v) is 16.9. The van der Waals surface area contributed by atoms with Gasteiger partial charge in [0, 0.05) is 5.39 Å². The van der Waals surface area contributed by atoms with E-state index in [-0.39, 0.29) is 17.7 Å². The van der Waals surface area contributed by atoms with Gasteiger partial charge in [0.2, 0.25) is 0 Å². The first-order valence-corrected chi connectivity index (χ1v) is 9.74. The Kier molecular flexibility index (Phi) is 5.22. The number of methoxy groups -OCH3 is 2. The number of ether oxygens (including phenoxy) is 2. The van der Waals surface area contributed by atoms with Crippen molar-refractivity contribution in [1.29, 1.82) is 0 Å². The van der Waals surface area contributed by atoms with Crippen LogP contribution in [0.25, 0.3) is 11.0 Å². The lowest BCUT2D eigenvalue weighted by molar-refractivity contribution is 0.0188. The third-order valence-electron chi connectivity index (χ3n) is 5.58. The molecule has 2 N–H and O–H groups in total. The smallest absolute Gasteiger partial charge is 0.349 e. The summed E-state index contributed by atoms with van der Waals surface area (Å²) < 4.78 is 15.8. The van der Waals surface area contributed by atoms with Crippen molar-refractivity contribution in [3.63, 3.8) is 0 Å². The summed E-state index contributed by atoms with van der Waals surface area (Å²) in [6.07, 6.45) is 2.12. The van der Waals surface area contributed by atoms with Crippen LogP contribution in [0.3, 0.4) is 0 Å². The Morgan fingerprint density at radius 3 is 2.80 bits per heavy atom. The number of para-hydroxylation sites is 1. The molecule has 0 bridgehead atoms. The van der Waals surface area contributed by atoms with Gasteiger partial charge in [-0.1, -0.05) is 18.2 Å². The van der Waals surface area contributed by atoms with Crippen molar-refractivity contribution in [3.05, 3.63) is 69.6 Å². The highest BCUT2D eigenvalue weighted by molar-refractivity contribution is 5.97. The summed E-state index contributed by atoms with van der Waals surface area (Å²) in [6.45, 7) is -0.0131. The van der Waals surface area contributed by atoms with E-state index >= 15 is 0 Å². The van der Waals surface area contributed by atoms with Crippen molar-refractivity contribution in [1.82, 2.24) is 5.32 Å². The van der Waals surface area contributed by atoms with Crippen LogP contribution in [-0.2, 0) is 12.0 Å². The number of aryl methyl sites for hydroxylation is 1. The van der Waals surface area contributed by atoms with Crippen molar-refractivity contribution in [2.24, 2.45) is 0 Å². The summed E-state index contributed by atoms with van der Waals surface area (Å²) in [5.74, 6) is 0.550. The molecule has 1 atom stereocenters. The zero-order chi connectivity index (χ0) is 21.3. The highest BCUT2D eigenvalue weighted by Crippen LogP contribution is 2.36. The molecule has 0 aliphatic heterocycles. The molecule has 1 aliphatic rings. The van der Waals surface area contributed by atoms with Gasteiger partial charge in [0.25, 0.3) is 5.91 Å². The lowest BCUT2D eigenvalue weighted by Crippen LogP contribution is -2.43. The molecule has 1 aliphatic carbocycles. The van der Waals surface area contributed by atoms with Crippen LogP contribution < -0.4 is 20.4 Å². The number of hydrogen-bond acceptors (Lipinski definition) is 6. The number of hydrogen-bond donors (Lipinski definition) is 2. The Morgan fingerprint density at radius 1 is 1.20 bits per heavy atom. The van der Waals surface area contributed by atoms with E-state index in [0.717, 1.165) is 29.7 Å². The first-order valence-electron chi connectivity index (χ1n) is 9.74. The predicted molar refractivity (Wildman–Crippen MR) is 111 cm³/mol. The van der Waals surface area contributed by atoms with Crippen LogP contribution in [0.4, 0.5) is 0 Å². The lowest BCUT2D eigenvalue weighted by atomic mass is 9.79. The molecule has 0 radical (unpaired) electrons. The summed E-state index contributed by atoms with van der Waals surface area (Å²) >= 11 is 0. The highest BCUT2D eigenvalue weighted by atomic mass is 16.5. The zero-order valence-electron chi connectivity index (χ0n) is 16.9. The molecule has 7 nitrogen and oxygen atoms in total. The summed E-state index contributed by atoms with van der Waals surface area (Å²) in [6, 6.07) is 12.2. The maximum absolute atomic E-state index is 12.7. The molecule has 4 rings (SSSR count). The number of nitrogens with one attached hydrogen (secondary N) is 1. The van der Waals surface area contributed by atoms with Gasteiger partial charge in [-0.2, -0.15) is 0 Å². The van der Waals surface area contributed by atoms with Gasteiger partial charge in [-0.05, 0) is 54.7 Å². The van der Waals surface area contributed by atoms with Crippen LogP contribution in [0.15, 0.2) is 51.7 Å². The monoisotopic (exact) mass is 409 g/mol. The minimum Gasteiger partial charge on any atom is -0.497 e. The van der Waals surface area contributed by atoms with Crippen LogP contribution in [-0.4, -0.2) is 31.8 Å². The van der Waals surface area contributed by atoms with Crippen LogP contribution >= 0.6 is 0 Å². The van der Waals surface area contributed by atoms with E-state index in [2.05, 4.69) is 5.32 Å². The van der Waals surface area contributed by atoms with Crippen LogP contribution in [0.5, 0.6) is 11.5 Å². The molecule has 1 amide bonds. The molecule has 156 valence electrons. The largest absolute Gasteiger partial charge is 0.497 e. The van der Waals surface area contributed by atoms with E-state index in [0.29, 0.717) is 17.6 Å². The number of amides is 1. The maximum atomic E-state index is 12.7. The molecule has 3 aromatic rings. The fraction of sp³-hybridized carbons (Fsp3) is 0.304. The normalized spacial score (nSPS) is 18.0. The van der Waals surface area contributed by atoms with E-state index in [1.165, 1.54) is 13.2 Å². The number of benzene rings is 2. The van der Waals surface area contributed by atoms with Gasteiger partial charge < -0.3 is 24.3 Å². The van der Waals surface area contributed by atoms with Crippen molar-refractivity contribution < 1.29 is 23.8 Å². The second-order valence-corrected chi connectivity index (χ2v) is 7.42. The Morgan fingerprint density at radius 2 is 2.03 bits per heavy atom. The van der Waals surface area contributed by atoms with E-state index in [9.17, 15) is 14.7 Å². The minimum absolute atomic E-state index is 0.0131. The molecule has 0 spiro atoms. The van der Waals surface area contributed by atoms with Gasteiger partial charge in [-0.15, -0.1) is 0 Å². The number of rotatable bonds is 5. The summed E-state index contributed by atoms with van der Waals surface area (Å²) in [5, 5.41) is 14.5. The molecule has 1 heterocycles. The number of fused-ring (bicyclic) bond motifs is 2. The molecule has 7 heteroatoms. The minimum atomic E-state index is -1.21. The van der Waals surface area contributed by atoms with E-state index < -0.39 is 17.1 Å². The topological polar surface area (TPSA) is 98.0 Å². The van der Waals surface area contributed by atoms with Gasteiger partial charge in [-0.3, -0.25) is 4.79 Å². The number of aliphatic hydroxyl groups is 1. The highest BCUT2D eigenvalue weighted by Gasteiger charge is 2.35. The van der Waals surface area contributed by atoms with Gasteiger partial charge in [0.15, 0.2) is 11.3 Å². The molecular formula is C23H23NO6. The molecule has 0 fully saturated rings. The summed E-state index contributed by atoms with van der Waals surface area (Å²) in [4.78, 5) is 25.1. The lowest BCUT2D eigenvalue weighted by Gasteiger charge is -2.34. The average Bonchev–Trinajstić information content (AvgIpc) is 2.76. The molecule has 2 aromatic carbocycles. The average molecular weight is 409 g/mol. The molecule has 0 saturated heterocycles. The Balaban J connectivity index is 1.59. The Labute approximate surface area is 173 Å². The second-order valence-electron chi connectivity index (χ2n) is 7.42. The van der Waals surface area contributed by atoms with Crippen molar-refractivity contribution in [2.75, 3.05) is 20.8 Å². The van der Waals surface area contributed by atoms with Crippen LogP contribution in [0, 0.1) is 0 Å². The molecule has 1 unspecified atom stereocenters. The molecule has 1 aromatic heterocycles. The number of carbonyl (C=O) groups is 1. The summed E-state index contributed by atoms with van der Waals surface area (Å²) in [5.41, 5.74) is -0.0408. The number of carbonyl (C=O) groups excluding carboxylic acids is 1. The van der Waals surface area contributed by atoms with Crippen molar-refractivity contribution in [3.8, 4) is 11.5 Å². The Hall–Kier alpha value is -3.32. The van der Waals surface area contributed by atoms with Crippen molar-refractivity contribution in [2.45, 2.75) is 24.9 Å². The van der Waals surface area contributed by atoms with E-state index in [1.54, 1.807) is 31.4 Å². The SMILES string of the molecule is COc1ccc2c(c1)CCCC2(O)CNC(=O)c1cc2cccc(OC)c2oc1=O. The summed E-state index contributed by atoms with van der Waals surface area (Å²) in [7, 11) is 3.08. The first kappa shape index (κ1) is 20.0. The van der Waals surface area contributed by atoms with Gasteiger partial charge in [0.1, 0.15) is 16.9 Å².